The van der Waals surface area contributed by atoms with Crippen LogP contribution in [0.15, 0.2) is 18.2 Å². The van der Waals surface area contributed by atoms with Gasteiger partial charge >= 0.3 is 0 Å². The Bertz CT molecular complexity index is 464. The van der Waals surface area contributed by atoms with E-state index >= 15 is 0 Å². The molecular weight excluding hydrogens is 234 g/mol. The fraction of sp³-hybridized carbons (Fsp3) is 0.500. The summed E-state index contributed by atoms with van der Waals surface area (Å²) in [7, 11) is 0. The van der Waals surface area contributed by atoms with Crippen molar-refractivity contribution in [2.75, 3.05) is 23.7 Å². The molecule has 0 saturated carbocycles. The van der Waals surface area contributed by atoms with E-state index in [1.807, 2.05) is 11.8 Å². The van der Waals surface area contributed by atoms with Gasteiger partial charge < -0.3 is 15.7 Å². The van der Waals surface area contributed by atoms with Gasteiger partial charge in [0.25, 0.3) is 5.69 Å². The van der Waals surface area contributed by atoms with Crippen molar-refractivity contribution < 1.29 is 10.0 Å². The summed E-state index contributed by atoms with van der Waals surface area (Å²) in [5.41, 5.74) is 6.18. The van der Waals surface area contributed by atoms with Crippen molar-refractivity contribution in [3.63, 3.8) is 0 Å². The number of piperidine rings is 1. The van der Waals surface area contributed by atoms with Crippen LogP contribution in [0.4, 0.5) is 17.1 Å². The minimum Gasteiger partial charge on any atom is -0.398 e. The molecular formula is C12H17N3O3. The minimum atomic E-state index is -0.636. The van der Waals surface area contributed by atoms with Crippen LogP contribution in [0.2, 0.25) is 0 Å². The highest BCUT2D eigenvalue weighted by molar-refractivity contribution is 5.62. The van der Waals surface area contributed by atoms with Crippen LogP contribution in [0.5, 0.6) is 0 Å². The van der Waals surface area contributed by atoms with Gasteiger partial charge in [0.15, 0.2) is 0 Å². The SMILES string of the molecule is CC1(O)CCN(c2cc(N)cc([N+](=O)[O-])c2)CC1. The molecule has 1 aromatic carbocycles. The number of nitro benzene ring substituents is 1. The van der Waals surface area contributed by atoms with E-state index in [0.29, 0.717) is 31.6 Å². The molecule has 6 nitrogen and oxygen atoms in total. The molecule has 1 aromatic rings. The predicted octanol–water partition coefficient (Wildman–Crippen LogP) is 1.53. The first-order valence-electron chi connectivity index (χ1n) is 5.90. The molecule has 0 aromatic heterocycles. The number of nitro groups is 1. The second-order valence-corrected chi connectivity index (χ2v) is 5.02. The number of rotatable bonds is 2. The van der Waals surface area contributed by atoms with Gasteiger partial charge in [0.05, 0.1) is 10.5 Å². The molecule has 0 aliphatic carbocycles. The van der Waals surface area contributed by atoms with Gasteiger partial charge in [0, 0.05) is 36.6 Å². The standard InChI is InChI=1S/C12H17N3O3/c1-12(16)2-4-14(5-3-12)10-6-9(13)7-11(8-10)15(17)18/h6-8,16H,2-5,13H2,1H3. The predicted molar refractivity (Wildman–Crippen MR) is 69.6 cm³/mol. The zero-order valence-corrected chi connectivity index (χ0v) is 10.3. The van der Waals surface area contributed by atoms with Gasteiger partial charge in [0.1, 0.15) is 0 Å². The van der Waals surface area contributed by atoms with Crippen molar-refractivity contribution in [3.05, 3.63) is 28.3 Å². The summed E-state index contributed by atoms with van der Waals surface area (Å²) in [6.07, 6.45) is 1.30. The number of hydrogen-bond acceptors (Lipinski definition) is 5. The number of nitrogens with two attached hydrogens (primary N) is 1. The number of anilines is 2. The lowest BCUT2D eigenvalue weighted by atomic mass is 9.93. The van der Waals surface area contributed by atoms with Crippen molar-refractivity contribution in [1.82, 2.24) is 0 Å². The zero-order valence-electron chi connectivity index (χ0n) is 10.3. The normalized spacial score (nSPS) is 18.7. The summed E-state index contributed by atoms with van der Waals surface area (Å²) in [5, 5.41) is 20.7. The van der Waals surface area contributed by atoms with Crippen molar-refractivity contribution in [1.29, 1.82) is 0 Å². The molecule has 0 spiro atoms. The van der Waals surface area contributed by atoms with Gasteiger partial charge in [-0.05, 0) is 25.8 Å². The van der Waals surface area contributed by atoms with Crippen LogP contribution in [0.1, 0.15) is 19.8 Å². The highest BCUT2D eigenvalue weighted by Gasteiger charge is 2.28. The summed E-state index contributed by atoms with van der Waals surface area (Å²) in [6.45, 7) is 3.16. The molecule has 0 amide bonds. The molecule has 3 N–H and O–H groups in total. The van der Waals surface area contributed by atoms with E-state index in [-0.39, 0.29) is 5.69 Å². The number of non-ortho nitro benzene ring substituents is 1. The second-order valence-electron chi connectivity index (χ2n) is 5.02. The summed E-state index contributed by atoms with van der Waals surface area (Å²) in [4.78, 5) is 12.4. The quantitative estimate of drug-likeness (QED) is 0.472. The molecule has 1 aliphatic rings. The molecule has 18 heavy (non-hydrogen) atoms. The number of nitrogen functional groups attached to an aromatic ring is 1. The minimum absolute atomic E-state index is 0.00216. The van der Waals surface area contributed by atoms with Crippen LogP contribution >= 0.6 is 0 Å². The average molecular weight is 251 g/mol. The van der Waals surface area contributed by atoms with Crippen LogP contribution < -0.4 is 10.6 Å². The molecule has 1 fully saturated rings. The van der Waals surface area contributed by atoms with Crippen molar-refractivity contribution in [3.8, 4) is 0 Å². The molecule has 98 valence electrons. The van der Waals surface area contributed by atoms with Gasteiger partial charge in [-0.1, -0.05) is 0 Å². The van der Waals surface area contributed by atoms with E-state index in [0.717, 1.165) is 5.69 Å². The molecule has 2 rings (SSSR count). The maximum absolute atomic E-state index is 10.8. The van der Waals surface area contributed by atoms with E-state index in [4.69, 9.17) is 5.73 Å². The van der Waals surface area contributed by atoms with Gasteiger partial charge in [0.2, 0.25) is 0 Å². The molecule has 1 saturated heterocycles. The van der Waals surface area contributed by atoms with Gasteiger partial charge in [-0.15, -0.1) is 0 Å². The smallest absolute Gasteiger partial charge is 0.273 e. The first-order chi connectivity index (χ1) is 8.37. The number of aliphatic hydroxyl groups is 1. The van der Waals surface area contributed by atoms with E-state index in [2.05, 4.69) is 0 Å². The Morgan fingerprint density at radius 3 is 2.56 bits per heavy atom. The molecule has 0 unspecified atom stereocenters. The number of nitrogens with zero attached hydrogens (tertiary/aromatic N) is 2. The van der Waals surface area contributed by atoms with Crippen LogP contribution in [0.25, 0.3) is 0 Å². The summed E-state index contributed by atoms with van der Waals surface area (Å²) >= 11 is 0. The average Bonchev–Trinajstić information content (AvgIpc) is 2.28. The second kappa shape index (κ2) is 4.45. The molecule has 1 aliphatic heterocycles. The van der Waals surface area contributed by atoms with Crippen molar-refractivity contribution >= 4 is 17.1 Å². The van der Waals surface area contributed by atoms with Gasteiger partial charge in [-0.25, -0.2) is 0 Å². The fourth-order valence-corrected chi connectivity index (χ4v) is 2.15. The lowest BCUT2D eigenvalue weighted by molar-refractivity contribution is -0.384. The molecule has 1 heterocycles. The Hall–Kier alpha value is -1.82. The maximum atomic E-state index is 10.8. The Morgan fingerprint density at radius 1 is 1.39 bits per heavy atom. The summed E-state index contributed by atoms with van der Waals surface area (Å²) in [6, 6.07) is 4.60. The van der Waals surface area contributed by atoms with Crippen LogP contribution in [0.3, 0.4) is 0 Å². The Balaban J connectivity index is 2.21. The largest absolute Gasteiger partial charge is 0.398 e. The van der Waals surface area contributed by atoms with Crippen molar-refractivity contribution in [2.24, 2.45) is 0 Å². The third kappa shape index (κ3) is 2.70. The Kier molecular flexibility index (Phi) is 3.13. The van der Waals surface area contributed by atoms with E-state index < -0.39 is 10.5 Å². The third-order valence-corrected chi connectivity index (χ3v) is 3.34. The lowest BCUT2D eigenvalue weighted by Gasteiger charge is -2.37. The van der Waals surface area contributed by atoms with Gasteiger partial charge in [-0.3, -0.25) is 10.1 Å². The number of benzene rings is 1. The Labute approximate surface area is 105 Å². The molecule has 0 atom stereocenters. The van der Waals surface area contributed by atoms with Crippen molar-refractivity contribution in [2.45, 2.75) is 25.4 Å². The molecule has 0 radical (unpaired) electrons. The first-order valence-corrected chi connectivity index (χ1v) is 5.90. The monoisotopic (exact) mass is 251 g/mol. The van der Waals surface area contributed by atoms with E-state index in [9.17, 15) is 15.2 Å². The van der Waals surface area contributed by atoms with E-state index in [1.54, 1.807) is 6.07 Å². The zero-order chi connectivity index (χ0) is 13.3. The topological polar surface area (TPSA) is 92.6 Å². The van der Waals surface area contributed by atoms with Crippen LogP contribution in [0, 0.1) is 10.1 Å². The maximum Gasteiger partial charge on any atom is 0.273 e. The van der Waals surface area contributed by atoms with Crippen LogP contribution in [-0.2, 0) is 0 Å². The highest BCUT2D eigenvalue weighted by atomic mass is 16.6. The first kappa shape index (κ1) is 12.6. The summed E-state index contributed by atoms with van der Waals surface area (Å²) < 4.78 is 0. The molecule has 0 bridgehead atoms. The lowest BCUT2D eigenvalue weighted by Crippen LogP contribution is -2.42. The van der Waals surface area contributed by atoms with E-state index in [1.165, 1.54) is 12.1 Å². The molecule has 6 heteroatoms. The highest BCUT2D eigenvalue weighted by Crippen LogP contribution is 2.30. The van der Waals surface area contributed by atoms with Gasteiger partial charge in [-0.2, -0.15) is 0 Å². The Morgan fingerprint density at radius 2 is 2.00 bits per heavy atom. The summed E-state index contributed by atoms with van der Waals surface area (Å²) in [5.74, 6) is 0. The van der Waals surface area contributed by atoms with Crippen LogP contribution in [-0.4, -0.2) is 28.7 Å². The number of hydrogen-bond donors (Lipinski definition) is 2. The fourth-order valence-electron chi connectivity index (χ4n) is 2.15. The third-order valence-electron chi connectivity index (χ3n) is 3.34.